The van der Waals surface area contributed by atoms with Crippen LogP contribution >= 0.6 is 11.3 Å². The third kappa shape index (κ3) is 4.20. The molecular formula is C26H20FN3O3S. The van der Waals surface area contributed by atoms with E-state index in [9.17, 15) is 14.0 Å². The molecule has 2 aromatic carbocycles. The molecule has 8 heteroatoms. The molecule has 0 saturated heterocycles. The Morgan fingerprint density at radius 3 is 2.68 bits per heavy atom. The predicted octanol–water partition coefficient (Wildman–Crippen LogP) is 5.40. The van der Waals surface area contributed by atoms with Gasteiger partial charge in [-0.15, -0.1) is 11.3 Å². The Morgan fingerprint density at radius 2 is 1.94 bits per heavy atom. The molecule has 34 heavy (non-hydrogen) atoms. The van der Waals surface area contributed by atoms with Gasteiger partial charge in [-0.3, -0.25) is 19.5 Å². The molecule has 2 aromatic heterocycles. The minimum Gasteiger partial charge on any atom is -0.478 e. The number of nitrogens with zero attached hydrogens (tertiary/aromatic N) is 3. The number of fused-ring (bicyclic) bond motifs is 1. The highest BCUT2D eigenvalue weighted by Crippen LogP contribution is 2.39. The Balaban J connectivity index is 1.49. The molecule has 4 aromatic rings. The molecule has 0 aliphatic carbocycles. The zero-order valence-electron chi connectivity index (χ0n) is 18.3. The first kappa shape index (κ1) is 21.9. The molecule has 0 bridgehead atoms. The minimum atomic E-state index is -0.672. The lowest BCUT2D eigenvalue weighted by molar-refractivity contribution is -0.126. The fourth-order valence-corrected chi connectivity index (χ4v) is 4.59. The number of rotatable bonds is 6. The summed E-state index contributed by atoms with van der Waals surface area (Å²) in [4.78, 5) is 36.6. The maximum absolute atomic E-state index is 13.3. The van der Waals surface area contributed by atoms with Gasteiger partial charge in [-0.05, 0) is 61.0 Å². The summed E-state index contributed by atoms with van der Waals surface area (Å²) in [5, 5.41) is 2.72. The van der Waals surface area contributed by atoms with Crippen LogP contribution < -0.4 is 9.64 Å². The van der Waals surface area contributed by atoms with Gasteiger partial charge in [0.25, 0.3) is 5.91 Å². The second-order valence-corrected chi connectivity index (χ2v) is 8.66. The van der Waals surface area contributed by atoms with E-state index in [2.05, 4.69) is 4.98 Å². The van der Waals surface area contributed by atoms with Crippen molar-refractivity contribution < 1.29 is 18.7 Å². The van der Waals surface area contributed by atoms with Gasteiger partial charge in [-0.1, -0.05) is 13.0 Å². The van der Waals surface area contributed by atoms with Crippen molar-refractivity contribution in [3.8, 4) is 27.7 Å². The number of hydrogen-bond acceptors (Lipinski definition) is 6. The molecule has 1 atom stereocenters. The first-order chi connectivity index (χ1) is 16.5. The van der Waals surface area contributed by atoms with E-state index in [0.29, 0.717) is 23.4 Å². The summed E-state index contributed by atoms with van der Waals surface area (Å²) >= 11 is 1.48. The minimum absolute atomic E-state index is 0.170. The van der Waals surface area contributed by atoms with E-state index >= 15 is 0 Å². The van der Waals surface area contributed by atoms with Crippen LogP contribution in [0.4, 0.5) is 10.1 Å². The van der Waals surface area contributed by atoms with Crippen molar-refractivity contribution in [3.63, 3.8) is 0 Å². The molecule has 0 N–H and O–H groups in total. The normalized spacial score (nSPS) is 15.1. The molecule has 0 fully saturated rings. The van der Waals surface area contributed by atoms with Gasteiger partial charge in [-0.25, -0.2) is 9.37 Å². The number of carbonyl (C=O) groups excluding carboxylic acids is 2. The average molecular weight is 474 g/mol. The number of ether oxygens (including phenoxy) is 1. The number of benzene rings is 2. The van der Waals surface area contributed by atoms with Crippen LogP contribution in [0.3, 0.4) is 0 Å². The highest BCUT2D eigenvalue weighted by molar-refractivity contribution is 7.13. The predicted molar refractivity (Wildman–Crippen MR) is 129 cm³/mol. The highest BCUT2D eigenvalue weighted by Gasteiger charge is 2.35. The fourth-order valence-electron chi connectivity index (χ4n) is 3.79. The highest BCUT2D eigenvalue weighted by atomic mass is 32.1. The summed E-state index contributed by atoms with van der Waals surface area (Å²) in [5.41, 5.74) is 3.17. The van der Waals surface area contributed by atoms with Crippen LogP contribution in [0.25, 0.3) is 22.0 Å². The van der Waals surface area contributed by atoms with Crippen molar-refractivity contribution in [2.45, 2.75) is 19.4 Å². The van der Waals surface area contributed by atoms with Crippen LogP contribution in [0.15, 0.2) is 72.2 Å². The van der Waals surface area contributed by atoms with Crippen LogP contribution in [0.1, 0.15) is 23.7 Å². The molecule has 1 unspecified atom stereocenters. The molecule has 6 nitrogen and oxygen atoms in total. The second-order valence-electron chi connectivity index (χ2n) is 7.80. The first-order valence-corrected chi connectivity index (χ1v) is 11.7. The number of Topliss-reactive ketones (excluding diaryl/α,β-unsaturated/α-hetero) is 1. The zero-order valence-corrected chi connectivity index (χ0v) is 19.1. The summed E-state index contributed by atoms with van der Waals surface area (Å²) < 4.78 is 19.2. The fraction of sp³-hybridized carbons (Fsp3) is 0.154. The summed E-state index contributed by atoms with van der Waals surface area (Å²) in [7, 11) is 0. The summed E-state index contributed by atoms with van der Waals surface area (Å²) in [6, 6.07) is 16.5. The third-order valence-corrected chi connectivity index (χ3v) is 6.45. The topological polar surface area (TPSA) is 72.4 Å². The number of anilines is 1. The Hall–Kier alpha value is -3.91. The standard InChI is InChI=1S/C26H20FN3O3S/c1-2-23-26(32)30(14-22(31)16-6-9-18(27)10-7-16)21-13-17(8-11-24(21)33-23)20-15-34-25(29-20)19-5-3-4-12-28-19/h3-13,15,23H,2,14H2,1H3. The molecule has 1 aliphatic heterocycles. The van der Waals surface area contributed by atoms with Crippen molar-refractivity contribution >= 4 is 28.7 Å². The molecule has 170 valence electrons. The van der Waals surface area contributed by atoms with Crippen molar-refractivity contribution in [1.29, 1.82) is 0 Å². The smallest absolute Gasteiger partial charge is 0.268 e. The Morgan fingerprint density at radius 1 is 1.12 bits per heavy atom. The maximum Gasteiger partial charge on any atom is 0.268 e. The van der Waals surface area contributed by atoms with Crippen molar-refractivity contribution in [2.24, 2.45) is 0 Å². The summed E-state index contributed by atoms with van der Waals surface area (Å²) in [6.45, 7) is 1.69. The van der Waals surface area contributed by atoms with Crippen molar-refractivity contribution in [3.05, 3.63) is 83.6 Å². The molecule has 3 heterocycles. The SMILES string of the molecule is CCC1Oc2ccc(-c3csc(-c4ccccn4)n3)cc2N(CC(=O)c2ccc(F)cc2)C1=O. The lowest BCUT2D eigenvalue weighted by Crippen LogP contribution is -2.47. The maximum atomic E-state index is 13.3. The van der Waals surface area contributed by atoms with Gasteiger partial charge in [0.2, 0.25) is 0 Å². The van der Waals surface area contributed by atoms with Gasteiger partial charge in [0.15, 0.2) is 11.9 Å². The monoisotopic (exact) mass is 473 g/mol. The number of carbonyl (C=O) groups is 2. The van der Waals surface area contributed by atoms with Gasteiger partial charge in [-0.2, -0.15) is 0 Å². The Kier molecular flexibility index (Phi) is 5.90. The van der Waals surface area contributed by atoms with Crippen molar-refractivity contribution in [2.75, 3.05) is 11.4 Å². The van der Waals surface area contributed by atoms with E-state index in [1.807, 2.05) is 42.6 Å². The van der Waals surface area contributed by atoms with E-state index in [4.69, 9.17) is 9.72 Å². The Labute approximate surface area is 199 Å². The number of halogens is 1. The molecule has 0 radical (unpaired) electrons. The lowest BCUT2D eigenvalue weighted by Gasteiger charge is -2.34. The average Bonchev–Trinajstić information content (AvgIpc) is 3.36. The molecule has 5 rings (SSSR count). The molecule has 1 amide bonds. The van der Waals surface area contributed by atoms with E-state index in [1.54, 1.807) is 12.3 Å². The first-order valence-electron chi connectivity index (χ1n) is 10.8. The van der Waals surface area contributed by atoms with E-state index in [0.717, 1.165) is 22.0 Å². The quantitative estimate of drug-likeness (QED) is 0.351. The van der Waals surface area contributed by atoms with E-state index < -0.39 is 11.9 Å². The summed E-state index contributed by atoms with van der Waals surface area (Å²) in [5.74, 6) is -0.460. The second kappa shape index (κ2) is 9.15. The lowest BCUT2D eigenvalue weighted by atomic mass is 10.1. The van der Waals surface area contributed by atoms with Gasteiger partial charge < -0.3 is 4.74 Å². The molecule has 0 saturated carbocycles. The van der Waals surface area contributed by atoms with Gasteiger partial charge in [0, 0.05) is 22.7 Å². The summed E-state index contributed by atoms with van der Waals surface area (Å²) in [6.07, 6.45) is 1.52. The number of hydrogen-bond donors (Lipinski definition) is 0. The van der Waals surface area contributed by atoms with Gasteiger partial charge in [0.1, 0.15) is 16.6 Å². The molecule has 0 spiro atoms. The van der Waals surface area contributed by atoms with Crippen molar-refractivity contribution in [1.82, 2.24) is 9.97 Å². The van der Waals surface area contributed by atoms with Crippen LogP contribution in [-0.4, -0.2) is 34.3 Å². The van der Waals surface area contributed by atoms with Crippen LogP contribution in [0.2, 0.25) is 0 Å². The Bertz CT molecular complexity index is 1360. The zero-order chi connectivity index (χ0) is 23.7. The largest absolute Gasteiger partial charge is 0.478 e. The van der Waals surface area contributed by atoms with E-state index in [-0.39, 0.29) is 18.2 Å². The van der Waals surface area contributed by atoms with Gasteiger partial charge in [0.05, 0.1) is 23.6 Å². The number of pyridine rings is 1. The van der Waals surface area contributed by atoms with Crippen LogP contribution in [0, 0.1) is 5.82 Å². The number of amides is 1. The molecular weight excluding hydrogens is 453 g/mol. The van der Waals surface area contributed by atoms with Crippen LogP contribution in [-0.2, 0) is 4.79 Å². The van der Waals surface area contributed by atoms with Gasteiger partial charge >= 0.3 is 0 Å². The number of thiazole rings is 1. The number of ketones is 1. The van der Waals surface area contributed by atoms with Crippen LogP contribution in [0.5, 0.6) is 5.75 Å². The molecule has 1 aliphatic rings. The van der Waals surface area contributed by atoms with E-state index in [1.165, 1.54) is 40.5 Å². The third-order valence-electron chi connectivity index (χ3n) is 5.58. The number of aromatic nitrogens is 2.